The molecule has 0 nitrogen and oxygen atoms in total. The molecular weight excluding hydrogens is 348 g/mol. The Kier molecular flexibility index (Phi) is 8.46. The molecule has 2 aromatic carbocycles. The number of aryl methyl sites for hydroxylation is 1. The lowest BCUT2D eigenvalue weighted by Gasteiger charge is -2.28. The van der Waals surface area contributed by atoms with Gasteiger partial charge in [0.15, 0.2) is 0 Å². The van der Waals surface area contributed by atoms with Crippen molar-refractivity contribution in [3.63, 3.8) is 0 Å². The van der Waals surface area contributed by atoms with Gasteiger partial charge in [0, 0.05) is 23.1 Å². The summed E-state index contributed by atoms with van der Waals surface area (Å²) in [6.07, 6.45) is 12.0. The molecule has 0 aromatic heterocycles. The Bertz CT molecular complexity index is 854. The third-order valence-corrected chi connectivity index (χ3v) is 6.10. The Balaban J connectivity index is 1.48. The molecule has 0 atom stereocenters. The molecule has 0 amide bonds. The van der Waals surface area contributed by atoms with Crippen molar-refractivity contribution in [3.05, 3.63) is 70.8 Å². The maximum Gasteiger partial charge on any atom is 0.0249 e. The first kappa shape index (κ1) is 21.3. The molecule has 0 bridgehead atoms. The second kappa shape index (κ2) is 11.5. The normalized spacial score (nSPS) is 18.3. The summed E-state index contributed by atoms with van der Waals surface area (Å²) < 4.78 is 0. The van der Waals surface area contributed by atoms with E-state index in [4.69, 9.17) is 0 Å². The van der Waals surface area contributed by atoms with Crippen molar-refractivity contribution in [1.29, 1.82) is 0 Å². The van der Waals surface area contributed by atoms with Crippen LogP contribution in [0.15, 0.2) is 48.5 Å². The molecule has 0 unspecified atom stereocenters. The molecule has 0 aliphatic heterocycles. The fourth-order valence-electron chi connectivity index (χ4n) is 4.31. The van der Waals surface area contributed by atoms with Crippen molar-refractivity contribution in [3.8, 4) is 23.7 Å². The van der Waals surface area contributed by atoms with Gasteiger partial charge in [0.05, 0.1) is 0 Å². The van der Waals surface area contributed by atoms with Crippen LogP contribution in [0.3, 0.4) is 0 Å². The average Bonchev–Trinajstić information content (AvgIpc) is 2.77. The molecule has 0 heterocycles. The van der Waals surface area contributed by atoms with Gasteiger partial charge in [-0.15, -0.1) is 0 Å². The number of hydrogen-bond acceptors (Lipinski definition) is 0. The summed E-state index contributed by atoms with van der Waals surface area (Å²) in [5.41, 5.74) is 4.63. The lowest BCUT2D eigenvalue weighted by atomic mass is 9.78. The zero-order chi connectivity index (χ0) is 20.3. The van der Waals surface area contributed by atoms with Crippen LogP contribution in [-0.4, -0.2) is 0 Å². The van der Waals surface area contributed by atoms with Gasteiger partial charge in [-0.1, -0.05) is 88.2 Å². The predicted molar refractivity (Wildman–Crippen MR) is 125 cm³/mol. The molecule has 0 spiro atoms. The molecule has 1 aliphatic rings. The Morgan fingerprint density at radius 2 is 1.14 bits per heavy atom. The van der Waals surface area contributed by atoms with E-state index in [0.717, 1.165) is 34.9 Å². The van der Waals surface area contributed by atoms with E-state index < -0.39 is 0 Å². The maximum absolute atomic E-state index is 3.29. The predicted octanol–water partition coefficient (Wildman–Crippen LogP) is 7.39. The van der Waals surface area contributed by atoms with Crippen LogP contribution < -0.4 is 0 Å². The SMILES string of the molecule is CCC#Cc1ccc(C#Cc2ccc(CCC3CCC(CCC)CC3)cc2)cc1. The second-order valence-electron chi connectivity index (χ2n) is 8.39. The lowest BCUT2D eigenvalue weighted by Crippen LogP contribution is -2.15. The summed E-state index contributed by atoms with van der Waals surface area (Å²) >= 11 is 0. The van der Waals surface area contributed by atoms with E-state index >= 15 is 0 Å². The van der Waals surface area contributed by atoms with Gasteiger partial charge < -0.3 is 0 Å². The number of hydrogen-bond donors (Lipinski definition) is 0. The number of benzene rings is 2. The molecule has 150 valence electrons. The van der Waals surface area contributed by atoms with Gasteiger partial charge in [0.2, 0.25) is 0 Å². The molecule has 0 saturated heterocycles. The molecule has 3 rings (SSSR count). The summed E-state index contributed by atoms with van der Waals surface area (Å²) in [5, 5.41) is 0. The van der Waals surface area contributed by atoms with Gasteiger partial charge >= 0.3 is 0 Å². The highest BCUT2D eigenvalue weighted by Gasteiger charge is 2.20. The lowest BCUT2D eigenvalue weighted by molar-refractivity contribution is 0.252. The minimum Gasteiger partial charge on any atom is -0.0982 e. The van der Waals surface area contributed by atoms with Crippen LogP contribution in [0.2, 0.25) is 0 Å². The minimum atomic E-state index is 0.887. The van der Waals surface area contributed by atoms with Gasteiger partial charge in [-0.25, -0.2) is 0 Å². The van der Waals surface area contributed by atoms with Crippen molar-refractivity contribution in [2.24, 2.45) is 11.8 Å². The van der Waals surface area contributed by atoms with Crippen molar-refractivity contribution in [2.75, 3.05) is 0 Å². The molecule has 0 heteroatoms. The van der Waals surface area contributed by atoms with E-state index in [2.05, 4.69) is 73.9 Å². The Hall–Kier alpha value is -2.44. The van der Waals surface area contributed by atoms with Crippen LogP contribution in [0.25, 0.3) is 0 Å². The highest BCUT2D eigenvalue weighted by Crippen LogP contribution is 2.33. The second-order valence-corrected chi connectivity index (χ2v) is 8.39. The van der Waals surface area contributed by atoms with Gasteiger partial charge in [0.25, 0.3) is 0 Å². The average molecular weight is 383 g/mol. The zero-order valence-electron chi connectivity index (χ0n) is 18.1. The fraction of sp³-hybridized carbons (Fsp3) is 0.448. The van der Waals surface area contributed by atoms with Crippen LogP contribution in [0.1, 0.15) is 87.5 Å². The number of rotatable bonds is 5. The van der Waals surface area contributed by atoms with Crippen LogP contribution in [0, 0.1) is 35.5 Å². The van der Waals surface area contributed by atoms with Crippen molar-refractivity contribution in [2.45, 2.75) is 71.6 Å². The van der Waals surface area contributed by atoms with Gasteiger partial charge in [-0.3, -0.25) is 0 Å². The minimum absolute atomic E-state index is 0.887. The zero-order valence-corrected chi connectivity index (χ0v) is 18.1. The van der Waals surface area contributed by atoms with Gasteiger partial charge in [0.1, 0.15) is 0 Å². The quantitative estimate of drug-likeness (QED) is 0.473. The van der Waals surface area contributed by atoms with Crippen LogP contribution in [0.5, 0.6) is 0 Å². The van der Waals surface area contributed by atoms with Crippen molar-refractivity contribution >= 4 is 0 Å². The summed E-state index contributed by atoms with van der Waals surface area (Å²) in [6, 6.07) is 17.1. The first-order chi connectivity index (χ1) is 14.3. The van der Waals surface area contributed by atoms with E-state index in [-0.39, 0.29) is 0 Å². The van der Waals surface area contributed by atoms with Gasteiger partial charge in [-0.05, 0) is 66.6 Å². The third-order valence-electron chi connectivity index (χ3n) is 6.10. The summed E-state index contributed by atoms with van der Waals surface area (Å²) in [7, 11) is 0. The summed E-state index contributed by atoms with van der Waals surface area (Å²) in [5.74, 6) is 14.7. The summed E-state index contributed by atoms with van der Waals surface area (Å²) in [4.78, 5) is 0. The monoisotopic (exact) mass is 382 g/mol. The largest absolute Gasteiger partial charge is 0.0982 e. The smallest absolute Gasteiger partial charge is 0.0249 e. The molecule has 2 aromatic rings. The van der Waals surface area contributed by atoms with E-state index in [0.29, 0.717) is 0 Å². The first-order valence-electron chi connectivity index (χ1n) is 11.5. The Labute approximate surface area is 178 Å². The Morgan fingerprint density at radius 1 is 0.655 bits per heavy atom. The van der Waals surface area contributed by atoms with E-state index in [1.54, 1.807) is 0 Å². The first-order valence-corrected chi connectivity index (χ1v) is 11.5. The Morgan fingerprint density at radius 3 is 1.66 bits per heavy atom. The standard InChI is InChI=1S/C29H34/c1-3-5-7-25-10-14-27(15-11-25)17-19-29-22-20-28(21-23-29)18-16-26-12-8-24(6-4-2)9-13-26/h10-11,14-15,20-24,26H,3-4,6,8-9,12-13,16,18H2,1-2H3. The maximum atomic E-state index is 3.29. The molecular formula is C29H34. The molecule has 29 heavy (non-hydrogen) atoms. The highest BCUT2D eigenvalue weighted by atomic mass is 14.3. The molecule has 1 aliphatic carbocycles. The topological polar surface area (TPSA) is 0 Å². The third kappa shape index (κ3) is 7.15. The fourth-order valence-corrected chi connectivity index (χ4v) is 4.31. The van der Waals surface area contributed by atoms with E-state index in [1.165, 1.54) is 56.9 Å². The summed E-state index contributed by atoms with van der Waals surface area (Å²) in [6.45, 7) is 4.39. The molecule has 1 fully saturated rings. The van der Waals surface area contributed by atoms with Gasteiger partial charge in [-0.2, -0.15) is 0 Å². The van der Waals surface area contributed by atoms with E-state index in [1.807, 2.05) is 12.1 Å². The molecule has 0 radical (unpaired) electrons. The van der Waals surface area contributed by atoms with Crippen LogP contribution in [-0.2, 0) is 6.42 Å². The molecule has 0 N–H and O–H groups in total. The van der Waals surface area contributed by atoms with Crippen molar-refractivity contribution in [1.82, 2.24) is 0 Å². The molecule has 1 saturated carbocycles. The van der Waals surface area contributed by atoms with Crippen LogP contribution >= 0.6 is 0 Å². The highest BCUT2D eigenvalue weighted by molar-refractivity contribution is 5.46. The van der Waals surface area contributed by atoms with Crippen molar-refractivity contribution < 1.29 is 0 Å². The van der Waals surface area contributed by atoms with Crippen LogP contribution in [0.4, 0.5) is 0 Å². The van der Waals surface area contributed by atoms with E-state index in [9.17, 15) is 0 Å².